The average molecular weight is 96.1 g/mol. The van der Waals surface area contributed by atoms with Crippen molar-refractivity contribution < 1.29 is 13.8 Å². The van der Waals surface area contributed by atoms with Gasteiger partial charge < -0.3 is 0 Å². The van der Waals surface area contributed by atoms with Gasteiger partial charge in [-0.1, -0.05) is 0 Å². The smallest absolute Gasteiger partial charge is 0.193 e. The topological polar surface area (TPSA) is 38.7 Å². The van der Waals surface area contributed by atoms with Gasteiger partial charge in [0.15, 0.2) is 12.3 Å². The third kappa shape index (κ3) is 4.23. The van der Waals surface area contributed by atoms with Gasteiger partial charge >= 0.3 is 0 Å². The predicted octanol–water partition coefficient (Wildman–Crippen LogP) is 0.686. The molecule has 1 N–H and O–H groups in total. The van der Waals surface area contributed by atoms with E-state index in [4.69, 9.17) is 5.26 Å². The van der Waals surface area contributed by atoms with Gasteiger partial charge in [0.25, 0.3) is 0 Å². The lowest BCUT2D eigenvalue weighted by molar-refractivity contribution is -0.123. The molecule has 0 unspecified atom stereocenters. The van der Waals surface area contributed by atoms with Gasteiger partial charge in [-0.15, -0.1) is 4.33 Å². The first-order valence-corrected chi connectivity index (χ1v) is 1.59. The van der Waals surface area contributed by atoms with Crippen LogP contribution in [0.1, 0.15) is 0 Å². The van der Waals surface area contributed by atoms with Crippen LogP contribution in [-0.4, -0.2) is 12.4 Å². The van der Waals surface area contributed by atoms with E-state index >= 15 is 0 Å². The van der Waals surface area contributed by atoms with E-state index < -0.39 is 0 Å². The average Bonchev–Trinajstić information content (AvgIpc) is 1.41. The second-order valence-electron chi connectivity index (χ2n) is 0.309. The maximum atomic E-state index is 7.40. The lowest BCUT2D eigenvalue weighted by atomic mass is 11.8. The number of rotatable bonds is 2. The Balaban J connectivity index is 2.19. The van der Waals surface area contributed by atoms with Crippen molar-refractivity contribution in [3.8, 4) is 0 Å². The Morgan fingerprint density at radius 1 is 1.80 bits per heavy atom. The van der Waals surface area contributed by atoms with Crippen molar-refractivity contribution in [3.05, 3.63) is 0 Å². The first-order chi connectivity index (χ1) is 2.41. The maximum Gasteiger partial charge on any atom is 0.193 e. The molecule has 0 aromatic rings. The zero-order valence-corrected chi connectivity index (χ0v) is 3.49. The second kappa shape index (κ2) is 4.23. The third-order valence-corrected chi connectivity index (χ3v) is 0.295. The zero-order chi connectivity index (χ0) is 4.12. The lowest BCUT2D eigenvalue weighted by Crippen LogP contribution is -1.65. The minimum absolute atomic E-state index is 0.519. The zero-order valence-electron chi connectivity index (χ0n) is 2.67. The highest BCUT2D eigenvalue weighted by Gasteiger charge is 1.69. The maximum absolute atomic E-state index is 7.40. The Morgan fingerprint density at radius 3 is 2.40 bits per heavy atom. The molecule has 0 heterocycles. The van der Waals surface area contributed by atoms with E-state index in [-0.39, 0.29) is 0 Å². The summed E-state index contributed by atoms with van der Waals surface area (Å²) < 4.78 is 7.52. The van der Waals surface area contributed by atoms with E-state index in [0.29, 0.717) is 12.3 Å². The quantitative estimate of drug-likeness (QED) is 0.312. The summed E-state index contributed by atoms with van der Waals surface area (Å²) in [6.07, 6.45) is 0. The summed E-state index contributed by atoms with van der Waals surface area (Å²) in [5, 5.41) is 7.40. The first-order valence-electron chi connectivity index (χ1n) is 0.924. The summed E-state index contributed by atoms with van der Waals surface area (Å²) >= 11 is 0.519. The van der Waals surface area contributed by atoms with E-state index in [1.807, 2.05) is 0 Å². The van der Waals surface area contributed by atoms with Gasteiger partial charge in [0.2, 0.25) is 0 Å². The molecular weight excluding hydrogens is 92.1 g/mol. The van der Waals surface area contributed by atoms with Gasteiger partial charge in [-0.3, -0.25) is 4.18 Å². The molecule has 0 rings (SSSR count). The van der Waals surface area contributed by atoms with Crippen LogP contribution in [0, 0.1) is 0 Å². The molecule has 0 atom stereocenters. The summed E-state index contributed by atoms with van der Waals surface area (Å²) in [6.45, 7) is 0. The van der Waals surface area contributed by atoms with E-state index in [9.17, 15) is 0 Å². The Labute approximate surface area is 34.2 Å². The van der Waals surface area contributed by atoms with Gasteiger partial charge in [0.05, 0.1) is 7.11 Å². The van der Waals surface area contributed by atoms with E-state index in [2.05, 4.69) is 8.52 Å². The molecule has 0 aliphatic rings. The normalized spacial score (nSPS) is 8.40. The lowest BCUT2D eigenvalue weighted by Gasteiger charge is -1.80. The fourth-order valence-corrected chi connectivity index (χ4v) is 0.0913. The monoisotopic (exact) mass is 96.0 g/mol. The van der Waals surface area contributed by atoms with Crippen LogP contribution in [0.15, 0.2) is 0 Å². The van der Waals surface area contributed by atoms with Gasteiger partial charge in [-0.2, -0.15) is 0 Å². The molecule has 0 spiro atoms. The van der Waals surface area contributed by atoms with Crippen molar-refractivity contribution in [2.45, 2.75) is 0 Å². The van der Waals surface area contributed by atoms with Crippen LogP contribution in [0.5, 0.6) is 0 Å². The number of hydrogen-bond acceptors (Lipinski definition) is 4. The van der Waals surface area contributed by atoms with Gasteiger partial charge in [-0.25, -0.2) is 5.26 Å². The van der Waals surface area contributed by atoms with Crippen LogP contribution in [0.25, 0.3) is 0 Å². The van der Waals surface area contributed by atoms with E-state index in [1.165, 1.54) is 7.11 Å². The Morgan fingerprint density at radius 2 is 2.40 bits per heavy atom. The summed E-state index contributed by atoms with van der Waals surface area (Å²) in [5.41, 5.74) is 0. The Hall–Kier alpha value is 0.230. The summed E-state index contributed by atoms with van der Waals surface area (Å²) in [4.78, 5) is 0. The highest BCUT2D eigenvalue weighted by molar-refractivity contribution is 7.89. The van der Waals surface area contributed by atoms with Crippen LogP contribution in [0.2, 0.25) is 0 Å². The molecule has 0 saturated carbocycles. The molecule has 5 heavy (non-hydrogen) atoms. The molecule has 0 amide bonds. The molecule has 4 heteroatoms. The fraction of sp³-hybridized carbons (Fsp3) is 1.00. The van der Waals surface area contributed by atoms with Crippen molar-refractivity contribution in [1.29, 1.82) is 0 Å². The number of hydrogen-bond donors (Lipinski definition) is 1. The van der Waals surface area contributed by atoms with Gasteiger partial charge in [-0.05, 0) is 0 Å². The minimum atomic E-state index is 0.519. The molecule has 0 aromatic heterocycles. The molecule has 3 nitrogen and oxygen atoms in total. The van der Waals surface area contributed by atoms with Crippen molar-refractivity contribution >= 4 is 12.3 Å². The largest absolute Gasteiger partial charge is 0.293 e. The van der Waals surface area contributed by atoms with Crippen molar-refractivity contribution in [2.24, 2.45) is 0 Å². The molecule has 0 aromatic carbocycles. The Kier molecular flexibility index (Phi) is 4.42. The van der Waals surface area contributed by atoms with Gasteiger partial charge in [0, 0.05) is 0 Å². The van der Waals surface area contributed by atoms with Gasteiger partial charge in [0.1, 0.15) is 0 Å². The molecule has 0 fully saturated rings. The van der Waals surface area contributed by atoms with Crippen LogP contribution in [0.4, 0.5) is 0 Å². The van der Waals surface area contributed by atoms with Crippen LogP contribution in [-0.2, 0) is 8.52 Å². The summed E-state index contributed by atoms with van der Waals surface area (Å²) in [6, 6.07) is 0. The molecule has 32 valence electrons. The Bertz CT molecular complexity index is 14.4. The second-order valence-corrected chi connectivity index (χ2v) is 0.928. The predicted molar refractivity (Wildman–Crippen MR) is 18.3 cm³/mol. The first kappa shape index (κ1) is 5.23. The molecular formula is CH4O3S. The molecule has 0 radical (unpaired) electrons. The van der Waals surface area contributed by atoms with Crippen molar-refractivity contribution in [3.63, 3.8) is 0 Å². The molecule has 0 aliphatic heterocycles. The highest BCUT2D eigenvalue weighted by Crippen LogP contribution is 1.94. The minimum Gasteiger partial charge on any atom is -0.293 e. The summed E-state index contributed by atoms with van der Waals surface area (Å²) in [7, 11) is 1.39. The van der Waals surface area contributed by atoms with Crippen molar-refractivity contribution in [2.75, 3.05) is 7.11 Å². The summed E-state index contributed by atoms with van der Waals surface area (Å²) in [5.74, 6) is 0. The third-order valence-electron chi connectivity index (χ3n) is 0.0985. The van der Waals surface area contributed by atoms with E-state index in [0.717, 1.165) is 0 Å². The molecule has 0 saturated heterocycles. The highest BCUT2D eigenvalue weighted by atomic mass is 32.2. The van der Waals surface area contributed by atoms with Crippen LogP contribution < -0.4 is 0 Å². The molecule has 0 aliphatic carbocycles. The van der Waals surface area contributed by atoms with Crippen LogP contribution in [0.3, 0.4) is 0 Å². The fourth-order valence-electron chi connectivity index (χ4n) is 0.0304. The van der Waals surface area contributed by atoms with Crippen molar-refractivity contribution in [1.82, 2.24) is 0 Å². The SMILES string of the molecule is COSOO. The van der Waals surface area contributed by atoms with Crippen LogP contribution >= 0.6 is 12.3 Å². The standard InChI is InChI=1S/CH4O3S/c1-3-5-4-2/h2H,1H3. The van der Waals surface area contributed by atoms with E-state index in [1.54, 1.807) is 0 Å². The molecule has 0 bridgehead atoms.